The molecule has 2 heterocycles. The van der Waals surface area contributed by atoms with Gasteiger partial charge in [0.15, 0.2) is 16.3 Å². The van der Waals surface area contributed by atoms with Crippen LogP contribution >= 0.6 is 57.3 Å². The molecule has 0 amide bonds. The predicted molar refractivity (Wildman–Crippen MR) is 180 cm³/mol. The fourth-order valence-corrected chi connectivity index (χ4v) is 7.20. The lowest BCUT2D eigenvalue weighted by Crippen LogP contribution is -2.39. The molecular weight excluding hydrogens is 719 g/mol. The molecule has 11 heteroatoms. The fourth-order valence-electron chi connectivity index (χ4n) is 4.77. The molecule has 1 atom stereocenters. The van der Waals surface area contributed by atoms with E-state index in [0.29, 0.717) is 37.1 Å². The smallest absolute Gasteiger partial charge is 0.338 e. The molecule has 1 aliphatic rings. The lowest BCUT2D eigenvalue weighted by atomic mass is 9.96. The number of hydrogen-bond acceptors (Lipinski definition) is 8. The maximum Gasteiger partial charge on any atom is 0.338 e. The van der Waals surface area contributed by atoms with Gasteiger partial charge in [0.1, 0.15) is 6.61 Å². The van der Waals surface area contributed by atoms with Crippen LogP contribution in [0.3, 0.4) is 0 Å². The van der Waals surface area contributed by atoms with E-state index in [4.69, 9.17) is 25.8 Å². The number of halogens is 2. The van der Waals surface area contributed by atoms with E-state index in [0.717, 1.165) is 25.2 Å². The summed E-state index contributed by atoms with van der Waals surface area (Å²) >= 11 is 11.4. The second-order valence-corrected chi connectivity index (χ2v) is 12.9. The van der Waals surface area contributed by atoms with Crippen LogP contribution in [0.4, 0.5) is 0 Å². The number of benzene rings is 3. The number of fused-ring (bicyclic) bond motifs is 1. The monoisotopic (exact) mass is 746 g/mol. The average Bonchev–Trinajstić information content (AvgIpc) is 3.30. The first-order chi connectivity index (χ1) is 20.7. The summed E-state index contributed by atoms with van der Waals surface area (Å²) in [5.41, 5.74) is 3.07. The van der Waals surface area contributed by atoms with Crippen LogP contribution in [0.5, 0.6) is 11.5 Å². The van der Waals surface area contributed by atoms with Crippen LogP contribution in [0, 0.1) is 3.57 Å². The van der Waals surface area contributed by atoms with Crippen molar-refractivity contribution >= 4 is 69.3 Å². The van der Waals surface area contributed by atoms with E-state index in [9.17, 15) is 9.59 Å². The van der Waals surface area contributed by atoms with Crippen molar-refractivity contribution in [3.05, 3.63) is 117 Å². The van der Waals surface area contributed by atoms with E-state index in [1.807, 2.05) is 73.0 Å². The Labute approximate surface area is 276 Å². The standard InChI is InChI=1S/C32H28ClIN2O5S2/c1-5-40-31(38)27-18(2)35-32-36(28(27)20-10-12-22(42-4)13-11-20)30(37)26(43-32)16-19-14-24(34)29(25(15-19)39-3)41-17-21-8-6-7-9-23(21)33/h6-16,28H,5,17H2,1-4H3/b26-16-/t28-/m1/s1. The van der Waals surface area contributed by atoms with Gasteiger partial charge in [-0.3, -0.25) is 9.36 Å². The van der Waals surface area contributed by atoms with Gasteiger partial charge in [0.05, 0.1) is 39.1 Å². The Morgan fingerprint density at radius 1 is 1.19 bits per heavy atom. The summed E-state index contributed by atoms with van der Waals surface area (Å²) in [7, 11) is 1.58. The molecule has 5 rings (SSSR count). The molecule has 3 aromatic carbocycles. The topological polar surface area (TPSA) is 79.1 Å². The fraction of sp³-hybridized carbons (Fsp3) is 0.219. The van der Waals surface area contributed by atoms with E-state index in [1.54, 1.807) is 37.3 Å². The number of carbonyl (C=O) groups is 1. The molecule has 0 aliphatic carbocycles. The number of ether oxygens (including phenoxy) is 3. The van der Waals surface area contributed by atoms with Crippen molar-refractivity contribution in [2.24, 2.45) is 4.99 Å². The number of hydrogen-bond donors (Lipinski definition) is 0. The van der Waals surface area contributed by atoms with Crippen molar-refractivity contribution in [1.82, 2.24) is 4.57 Å². The van der Waals surface area contributed by atoms with Gasteiger partial charge in [-0.15, -0.1) is 11.8 Å². The lowest BCUT2D eigenvalue weighted by molar-refractivity contribution is -0.139. The molecule has 0 spiro atoms. The van der Waals surface area contributed by atoms with Crippen molar-refractivity contribution in [3.8, 4) is 11.5 Å². The zero-order valence-electron chi connectivity index (χ0n) is 23.9. The highest BCUT2D eigenvalue weighted by molar-refractivity contribution is 14.1. The van der Waals surface area contributed by atoms with E-state index in [1.165, 1.54) is 11.3 Å². The molecular formula is C32H28ClIN2O5S2. The Bertz CT molecular complexity index is 1900. The van der Waals surface area contributed by atoms with E-state index >= 15 is 0 Å². The van der Waals surface area contributed by atoms with Crippen LogP contribution in [0.2, 0.25) is 5.02 Å². The molecule has 1 aliphatic heterocycles. The molecule has 43 heavy (non-hydrogen) atoms. The molecule has 0 unspecified atom stereocenters. The van der Waals surface area contributed by atoms with Gasteiger partial charge in [-0.25, -0.2) is 9.79 Å². The number of esters is 1. The minimum atomic E-state index is -0.663. The number of thioether (sulfide) groups is 1. The molecule has 1 aromatic heterocycles. The molecule has 222 valence electrons. The molecule has 0 fully saturated rings. The van der Waals surface area contributed by atoms with Gasteiger partial charge >= 0.3 is 5.97 Å². The Hall–Kier alpha value is -3.06. The van der Waals surface area contributed by atoms with Crippen molar-refractivity contribution in [2.45, 2.75) is 31.4 Å². The Kier molecular flexibility index (Phi) is 10.0. The summed E-state index contributed by atoms with van der Waals surface area (Å²) in [4.78, 5) is 33.4. The second kappa shape index (κ2) is 13.7. The number of nitrogens with zero attached hydrogens (tertiary/aromatic N) is 2. The number of aromatic nitrogens is 1. The summed E-state index contributed by atoms with van der Waals surface area (Å²) in [6, 6.07) is 18.5. The Morgan fingerprint density at radius 3 is 2.60 bits per heavy atom. The van der Waals surface area contributed by atoms with Crippen LogP contribution in [0.15, 0.2) is 86.6 Å². The van der Waals surface area contributed by atoms with E-state index in [2.05, 4.69) is 27.6 Å². The van der Waals surface area contributed by atoms with Crippen molar-refractivity contribution in [1.29, 1.82) is 0 Å². The second-order valence-electron chi connectivity index (χ2n) is 9.49. The first-order valence-corrected chi connectivity index (χ1v) is 16.8. The predicted octanol–water partition coefficient (Wildman–Crippen LogP) is 6.37. The first kappa shape index (κ1) is 31.4. The third-order valence-electron chi connectivity index (χ3n) is 6.83. The molecule has 0 saturated heterocycles. The molecule has 0 bridgehead atoms. The Morgan fingerprint density at radius 2 is 1.93 bits per heavy atom. The summed E-state index contributed by atoms with van der Waals surface area (Å²) in [5.74, 6) is 0.638. The van der Waals surface area contributed by atoms with Crippen LogP contribution in [-0.2, 0) is 16.1 Å². The average molecular weight is 747 g/mol. The molecule has 4 aromatic rings. The lowest BCUT2D eigenvalue weighted by Gasteiger charge is -2.24. The SMILES string of the molecule is CCOC(=O)C1=C(C)N=c2s/c(=C\c3cc(I)c(OCc4ccccc4Cl)c(OC)c3)c(=O)n2[C@@H]1c1ccc(SC)cc1. The highest BCUT2D eigenvalue weighted by Gasteiger charge is 2.33. The number of carbonyl (C=O) groups excluding carboxylic acids is 1. The van der Waals surface area contributed by atoms with Gasteiger partial charge in [0.2, 0.25) is 0 Å². The number of methoxy groups -OCH3 is 1. The van der Waals surface area contributed by atoms with Crippen LogP contribution in [0.1, 0.15) is 36.6 Å². The van der Waals surface area contributed by atoms with Gasteiger partial charge in [-0.2, -0.15) is 0 Å². The minimum absolute atomic E-state index is 0.219. The summed E-state index contributed by atoms with van der Waals surface area (Å²) in [6.45, 7) is 4.04. The van der Waals surface area contributed by atoms with Crippen LogP contribution < -0.4 is 24.4 Å². The van der Waals surface area contributed by atoms with Gasteiger partial charge in [-0.05, 0) is 90.2 Å². The van der Waals surface area contributed by atoms with Crippen LogP contribution in [0.25, 0.3) is 6.08 Å². The normalized spacial score (nSPS) is 14.7. The third kappa shape index (κ3) is 6.57. The van der Waals surface area contributed by atoms with Gasteiger partial charge in [0.25, 0.3) is 5.56 Å². The largest absolute Gasteiger partial charge is 0.493 e. The number of rotatable bonds is 9. The highest BCUT2D eigenvalue weighted by Crippen LogP contribution is 2.35. The summed E-state index contributed by atoms with van der Waals surface area (Å²) in [5, 5.41) is 0.628. The van der Waals surface area contributed by atoms with Crippen molar-refractivity contribution in [3.63, 3.8) is 0 Å². The third-order valence-corrected chi connectivity index (χ3v) is 9.72. The van der Waals surface area contributed by atoms with Gasteiger partial charge in [-0.1, -0.05) is 53.3 Å². The number of allylic oxidation sites excluding steroid dienone is 1. The summed E-state index contributed by atoms with van der Waals surface area (Å²) in [6.07, 6.45) is 3.81. The maximum absolute atomic E-state index is 14.0. The first-order valence-electron chi connectivity index (χ1n) is 13.3. The molecule has 7 nitrogen and oxygen atoms in total. The van der Waals surface area contributed by atoms with E-state index < -0.39 is 12.0 Å². The highest BCUT2D eigenvalue weighted by atomic mass is 127. The van der Waals surface area contributed by atoms with Crippen LogP contribution in [-0.4, -0.2) is 30.5 Å². The molecule has 0 saturated carbocycles. The van der Waals surface area contributed by atoms with Crippen molar-refractivity contribution in [2.75, 3.05) is 20.0 Å². The van der Waals surface area contributed by atoms with E-state index in [-0.39, 0.29) is 18.8 Å². The minimum Gasteiger partial charge on any atom is -0.493 e. The zero-order valence-corrected chi connectivity index (χ0v) is 28.4. The molecule has 0 N–H and O–H groups in total. The van der Waals surface area contributed by atoms with Gasteiger partial charge in [0, 0.05) is 15.5 Å². The van der Waals surface area contributed by atoms with Crippen molar-refractivity contribution < 1.29 is 19.0 Å². The Balaban J connectivity index is 1.58. The summed E-state index contributed by atoms with van der Waals surface area (Å²) < 4.78 is 20.0. The number of thiazole rings is 1. The molecule has 0 radical (unpaired) electrons. The zero-order chi connectivity index (χ0) is 30.7. The quantitative estimate of drug-likeness (QED) is 0.113. The van der Waals surface area contributed by atoms with Gasteiger partial charge < -0.3 is 14.2 Å². The maximum atomic E-state index is 14.0.